The van der Waals surface area contributed by atoms with Crippen LogP contribution in [0.5, 0.6) is 0 Å². The van der Waals surface area contributed by atoms with Gasteiger partial charge in [-0.25, -0.2) is 4.79 Å². The number of terminal acetylenes is 1. The number of carbonyl (C=O) groups is 1. The van der Waals surface area contributed by atoms with Crippen molar-refractivity contribution in [3.05, 3.63) is 11.6 Å². The molecule has 1 amide bonds. The summed E-state index contributed by atoms with van der Waals surface area (Å²) >= 11 is 0. The molecule has 0 aromatic heterocycles. The number of allylic oxidation sites excluding steroid dienone is 1. The smallest absolute Gasteiger partial charge is 0.410 e. The second-order valence-electron chi connectivity index (χ2n) is 5.39. The molecule has 0 aliphatic carbocycles. The molecular formula is C16H26N2O2. The van der Waals surface area contributed by atoms with Crippen molar-refractivity contribution >= 4 is 11.8 Å². The van der Waals surface area contributed by atoms with Crippen LogP contribution in [-0.4, -0.2) is 41.9 Å². The molecule has 0 atom stereocenters. The summed E-state index contributed by atoms with van der Waals surface area (Å²) < 4.78 is 5.39. The first kappa shape index (κ1) is 18.2. The molecule has 1 rings (SSSR count). The first-order valence-corrected chi connectivity index (χ1v) is 6.87. The Morgan fingerprint density at radius 2 is 2.05 bits per heavy atom. The van der Waals surface area contributed by atoms with Crippen molar-refractivity contribution in [3.8, 4) is 12.8 Å². The summed E-state index contributed by atoms with van der Waals surface area (Å²) in [6.07, 6.45) is 10.7. The number of carbonyl (C=O) groups excluding carboxylic acids is 1. The van der Waals surface area contributed by atoms with E-state index < -0.39 is 5.60 Å². The highest BCUT2D eigenvalue weighted by molar-refractivity contribution is 6.03. The highest BCUT2D eigenvalue weighted by Gasteiger charge is 2.27. The van der Waals surface area contributed by atoms with E-state index in [1.165, 1.54) is 5.57 Å². The minimum Gasteiger partial charge on any atom is -0.444 e. The van der Waals surface area contributed by atoms with E-state index in [2.05, 4.69) is 23.9 Å². The maximum Gasteiger partial charge on any atom is 0.410 e. The van der Waals surface area contributed by atoms with Gasteiger partial charge in [0.1, 0.15) is 5.60 Å². The van der Waals surface area contributed by atoms with Gasteiger partial charge in [-0.15, -0.1) is 12.8 Å². The lowest BCUT2D eigenvalue weighted by atomic mass is 10.0. The van der Waals surface area contributed by atoms with Crippen molar-refractivity contribution in [2.45, 2.75) is 46.6 Å². The van der Waals surface area contributed by atoms with Crippen LogP contribution >= 0.6 is 0 Å². The molecule has 1 aliphatic rings. The van der Waals surface area contributed by atoms with Crippen molar-refractivity contribution in [2.24, 2.45) is 4.99 Å². The second-order valence-corrected chi connectivity index (χ2v) is 5.39. The van der Waals surface area contributed by atoms with Gasteiger partial charge < -0.3 is 9.64 Å². The molecule has 4 nitrogen and oxygen atoms in total. The van der Waals surface area contributed by atoms with Gasteiger partial charge in [0.05, 0.1) is 12.3 Å². The van der Waals surface area contributed by atoms with E-state index in [9.17, 15) is 4.79 Å². The van der Waals surface area contributed by atoms with Crippen molar-refractivity contribution in [1.82, 2.24) is 4.90 Å². The maximum atomic E-state index is 12.0. The van der Waals surface area contributed by atoms with Gasteiger partial charge in [-0.2, -0.15) is 0 Å². The van der Waals surface area contributed by atoms with E-state index in [0.29, 0.717) is 13.1 Å². The Hall–Kier alpha value is -1.76. The van der Waals surface area contributed by atoms with E-state index in [1.807, 2.05) is 34.6 Å². The molecule has 1 saturated heterocycles. The quantitative estimate of drug-likeness (QED) is 0.691. The fourth-order valence-corrected chi connectivity index (χ4v) is 1.90. The number of hydrogen-bond acceptors (Lipinski definition) is 3. The van der Waals surface area contributed by atoms with E-state index in [-0.39, 0.29) is 6.09 Å². The molecule has 1 heterocycles. The van der Waals surface area contributed by atoms with Gasteiger partial charge in [0.15, 0.2) is 0 Å². The lowest BCUT2D eigenvalue weighted by molar-refractivity contribution is 0.0274. The number of aliphatic imine (C=N–C) groups is 1. The standard InChI is InChI=1S/C14H24N2O2.C2H2/c1-6-11-8-9-16(10-12(11)15-7-2)13(17)18-14(3,4)5;1-2/h6H,7-10H2,1-5H3;1-2H/b11-6-,15-12?;. The van der Waals surface area contributed by atoms with Crippen LogP contribution in [-0.2, 0) is 4.74 Å². The van der Waals surface area contributed by atoms with Crippen molar-refractivity contribution in [3.63, 3.8) is 0 Å². The number of amides is 1. The second kappa shape index (κ2) is 8.42. The molecule has 0 N–H and O–H groups in total. The fraction of sp³-hybridized carbons (Fsp3) is 0.625. The minimum absolute atomic E-state index is 0.249. The molecule has 0 unspecified atom stereocenters. The largest absolute Gasteiger partial charge is 0.444 e. The highest BCUT2D eigenvalue weighted by atomic mass is 16.6. The Balaban J connectivity index is 0.00000172. The monoisotopic (exact) mass is 278 g/mol. The summed E-state index contributed by atoms with van der Waals surface area (Å²) in [4.78, 5) is 18.2. The average molecular weight is 278 g/mol. The number of piperidine rings is 1. The Labute approximate surface area is 122 Å². The van der Waals surface area contributed by atoms with Crippen LogP contribution < -0.4 is 0 Å². The summed E-state index contributed by atoms with van der Waals surface area (Å²) in [5.41, 5.74) is 1.81. The van der Waals surface area contributed by atoms with E-state index in [4.69, 9.17) is 4.74 Å². The summed E-state index contributed by atoms with van der Waals surface area (Å²) in [7, 11) is 0. The summed E-state index contributed by atoms with van der Waals surface area (Å²) in [6.45, 7) is 11.7. The molecule has 20 heavy (non-hydrogen) atoms. The third-order valence-corrected chi connectivity index (χ3v) is 2.71. The Morgan fingerprint density at radius 3 is 2.50 bits per heavy atom. The van der Waals surface area contributed by atoms with Crippen molar-refractivity contribution < 1.29 is 9.53 Å². The fourth-order valence-electron chi connectivity index (χ4n) is 1.90. The van der Waals surface area contributed by atoms with Gasteiger partial charge in [-0.1, -0.05) is 6.08 Å². The third-order valence-electron chi connectivity index (χ3n) is 2.71. The van der Waals surface area contributed by atoms with E-state index in [0.717, 1.165) is 18.7 Å². The Kier molecular flexibility index (Phi) is 7.68. The normalized spacial score (nSPS) is 19.4. The molecule has 0 aromatic rings. The molecular weight excluding hydrogens is 252 g/mol. The molecule has 0 bridgehead atoms. The molecule has 0 radical (unpaired) electrons. The Bertz CT molecular complexity index is 400. The topological polar surface area (TPSA) is 41.9 Å². The van der Waals surface area contributed by atoms with Crippen LogP contribution in [0.2, 0.25) is 0 Å². The van der Waals surface area contributed by atoms with Crippen LogP contribution in [0.4, 0.5) is 4.79 Å². The van der Waals surface area contributed by atoms with Gasteiger partial charge >= 0.3 is 6.09 Å². The lowest BCUT2D eigenvalue weighted by Gasteiger charge is -2.31. The number of rotatable bonds is 1. The van der Waals surface area contributed by atoms with Crippen molar-refractivity contribution in [1.29, 1.82) is 0 Å². The van der Waals surface area contributed by atoms with Crippen LogP contribution in [0, 0.1) is 12.8 Å². The molecule has 0 aromatic carbocycles. The lowest BCUT2D eigenvalue weighted by Crippen LogP contribution is -2.44. The molecule has 112 valence electrons. The number of likely N-dealkylation sites (tertiary alicyclic amines) is 1. The van der Waals surface area contributed by atoms with Crippen LogP contribution in [0.3, 0.4) is 0 Å². The molecule has 4 heteroatoms. The number of nitrogens with zero attached hydrogens (tertiary/aromatic N) is 2. The summed E-state index contributed by atoms with van der Waals surface area (Å²) in [6, 6.07) is 0. The van der Waals surface area contributed by atoms with Gasteiger partial charge in [-0.05, 0) is 46.6 Å². The molecule has 1 fully saturated rings. The van der Waals surface area contributed by atoms with Gasteiger partial charge in [0.25, 0.3) is 0 Å². The van der Waals surface area contributed by atoms with Gasteiger partial charge in [0, 0.05) is 13.1 Å². The highest BCUT2D eigenvalue weighted by Crippen LogP contribution is 2.17. The average Bonchev–Trinajstić information content (AvgIpc) is 2.39. The molecule has 0 spiro atoms. The van der Waals surface area contributed by atoms with Gasteiger partial charge in [-0.3, -0.25) is 4.99 Å². The van der Waals surface area contributed by atoms with Crippen molar-refractivity contribution in [2.75, 3.05) is 19.6 Å². The van der Waals surface area contributed by atoms with E-state index >= 15 is 0 Å². The minimum atomic E-state index is -0.444. The summed E-state index contributed by atoms with van der Waals surface area (Å²) in [5.74, 6) is 0. The third kappa shape index (κ3) is 5.92. The SMILES string of the molecule is C#C.C/C=C1/CCN(C(=O)OC(C)(C)C)CC1=NCC. The zero-order chi connectivity index (χ0) is 15.8. The zero-order valence-electron chi connectivity index (χ0n) is 13.3. The van der Waals surface area contributed by atoms with Gasteiger partial charge in [0.2, 0.25) is 0 Å². The maximum absolute atomic E-state index is 12.0. The zero-order valence-corrected chi connectivity index (χ0v) is 13.3. The number of hydrogen-bond donors (Lipinski definition) is 0. The van der Waals surface area contributed by atoms with Crippen LogP contribution in [0.15, 0.2) is 16.6 Å². The van der Waals surface area contributed by atoms with Crippen LogP contribution in [0.25, 0.3) is 0 Å². The summed E-state index contributed by atoms with van der Waals surface area (Å²) in [5, 5.41) is 0. The predicted octanol–water partition coefficient (Wildman–Crippen LogP) is 3.28. The predicted molar refractivity (Wildman–Crippen MR) is 84.0 cm³/mol. The first-order valence-electron chi connectivity index (χ1n) is 6.87. The molecule has 0 saturated carbocycles. The number of ether oxygens (including phenoxy) is 1. The Morgan fingerprint density at radius 1 is 1.45 bits per heavy atom. The first-order chi connectivity index (χ1) is 9.37. The molecule has 1 aliphatic heterocycles. The van der Waals surface area contributed by atoms with Crippen LogP contribution in [0.1, 0.15) is 41.0 Å². The van der Waals surface area contributed by atoms with E-state index in [1.54, 1.807) is 4.90 Å².